The maximum atomic E-state index is 11.8. The fourth-order valence-corrected chi connectivity index (χ4v) is 1.33. The van der Waals surface area contributed by atoms with Gasteiger partial charge in [-0.15, -0.1) is 0 Å². The molecule has 3 N–H and O–H groups in total. The van der Waals surface area contributed by atoms with Gasteiger partial charge in [0.1, 0.15) is 0 Å². The summed E-state index contributed by atoms with van der Waals surface area (Å²) in [4.78, 5) is 33.5. The number of carboxylic acids is 2. The number of carboxylic acid groups (broad SMARTS) is 2. The van der Waals surface area contributed by atoms with Gasteiger partial charge in [-0.2, -0.15) is 0 Å². The summed E-state index contributed by atoms with van der Waals surface area (Å²) < 4.78 is 0. The van der Waals surface area contributed by atoms with E-state index in [1.54, 1.807) is 6.07 Å². The van der Waals surface area contributed by atoms with E-state index < -0.39 is 17.8 Å². The first-order chi connectivity index (χ1) is 8.84. The van der Waals surface area contributed by atoms with Crippen molar-refractivity contribution in [2.24, 2.45) is 0 Å². The fourth-order valence-electron chi connectivity index (χ4n) is 1.33. The van der Waals surface area contributed by atoms with Crippen LogP contribution in [-0.2, 0) is 9.59 Å². The first-order valence-electron chi connectivity index (χ1n) is 5.39. The van der Waals surface area contributed by atoms with Crippen molar-refractivity contribution in [1.82, 2.24) is 0 Å². The molecule has 6 nitrogen and oxygen atoms in total. The molecule has 19 heavy (non-hydrogen) atoms. The normalized spacial score (nSPS) is 11.5. The first kappa shape index (κ1) is 14.4. The molecule has 0 atom stereocenters. The van der Waals surface area contributed by atoms with E-state index in [0.717, 1.165) is 0 Å². The second-order valence-electron chi connectivity index (χ2n) is 3.86. The summed E-state index contributed by atoms with van der Waals surface area (Å²) >= 11 is 0. The van der Waals surface area contributed by atoms with E-state index >= 15 is 0 Å². The molecule has 0 heterocycles. The number of aliphatic carboxylic acids is 1. The monoisotopic (exact) mass is 263 g/mol. The minimum Gasteiger partial charge on any atom is -0.478 e. The SMILES string of the molecule is CC(C(=O)O)=C(C)C(=O)Nc1ccccc1C(=O)O. The molecule has 1 rings (SSSR count). The molecule has 0 saturated carbocycles. The van der Waals surface area contributed by atoms with E-state index in [9.17, 15) is 14.4 Å². The Balaban J connectivity index is 3.05. The molecule has 1 aromatic carbocycles. The van der Waals surface area contributed by atoms with Gasteiger partial charge in [-0.3, -0.25) is 4.79 Å². The maximum Gasteiger partial charge on any atom is 0.337 e. The Labute approximate surface area is 109 Å². The zero-order valence-electron chi connectivity index (χ0n) is 10.4. The number of benzene rings is 1. The van der Waals surface area contributed by atoms with Gasteiger partial charge >= 0.3 is 11.9 Å². The predicted molar refractivity (Wildman–Crippen MR) is 68.0 cm³/mol. The number of nitrogens with one attached hydrogen (secondary N) is 1. The topological polar surface area (TPSA) is 104 Å². The molecular weight excluding hydrogens is 250 g/mol. The molecule has 0 aliphatic heterocycles. The third-order valence-electron chi connectivity index (χ3n) is 2.63. The Morgan fingerprint density at radius 2 is 1.58 bits per heavy atom. The van der Waals surface area contributed by atoms with Gasteiger partial charge in [-0.05, 0) is 26.0 Å². The molecule has 0 radical (unpaired) electrons. The number of carbonyl (C=O) groups is 3. The molecule has 0 bridgehead atoms. The average molecular weight is 263 g/mol. The Hall–Kier alpha value is -2.63. The third kappa shape index (κ3) is 3.41. The number of anilines is 1. The molecule has 0 aromatic heterocycles. The van der Waals surface area contributed by atoms with Gasteiger partial charge in [0.15, 0.2) is 0 Å². The van der Waals surface area contributed by atoms with Crippen molar-refractivity contribution in [2.45, 2.75) is 13.8 Å². The highest BCUT2D eigenvalue weighted by Gasteiger charge is 2.15. The number of hydrogen-bond donors (Lipinski definition) is 3. The standard InChI is InChI=1S/C13H13NO5/c1-7(8(2)12(16)17)11(15)14-10-6-4-3-5-9(10)13(18)19/h3-6H,1-2H3,(H,14,15)(H,16,17)(H,18,19). The Morgan fingerprint density at radius 1 is 1.00 bits per heavy atom. The molecule has 0 unspecified atom stereocenters. The molecule has 6 heteroatoms. The second-order valence-corrected chi connectivity index (χ2v) is 3.86. The summed E-state index contributed by atoms with van der Waals surface area (Å²) in [5.41, 5.74) is -0.00725. The van der Waals surface area contributed by atoms with Crippen molar-refractivity contribution in [2.75, 3.05) is 5.32 Å². The zero-order valence-corrected chi connectivity index (χ0v) is 10.4. The van der Waals surface area contributed by atoms with Gasteiger partial charge in [-0.25, -0.2) is 9.59 Å². The smallest absolute Gasteiger partial charge is 0.337 e. The summed E-state index contributed by atoms with van der Waals surface area (Å²) in [7, 11) is 0. The second kappa shape index (κ2) is 5.81. The molecule has 100 valence electrons. The van der Waals surface area contributed by atoms with Gasteiger partial charge < -0.3 is 15.5 Å². The maximum absolute atomic E-state index is 11.8. The van der Waals surface area contributed by atoms with Crippen LogP contribution in [-0.4, -0.2) is 28.1 Å². The van der Waals surface area contributed by atoms with Gasteiger partial charge in [0.2, 0.25) is 0 Å². The third-order valence-corrected chi connectivity index (χ3v) is 2.63. The highest BCUT2D eigenvalue weighted by molar-refractivity contribution is 6.10. The Kier molecular flexibility index (Phi) is 4.41. The van der Waals surface area contributed by atoms with Gasteiger partial charge in [0.25, 0.3) is 5.91 Å². The minimum absolute atomic E-state index is 0.0210. The van der Waals surface area contributed by atoms with Crippen LogP contribution >= 0.6 is 0 Å². The molecule has 1 aromatic rings. The number of rotatable bonds is 4. The number of carbonyl (C=O) groups excluding carboxylic acids is 1. The van der Waals surface area contributed by atoms with Crippen molar-refractivity contribution in [3.8, 4) is 0 Å². The van der Waals surface area contributed by atoms with E-state index in [1.807, 2.05) is 0 Å². The van der Waals surface area contributed by atoms with Crippen molar-refractivity contribution in [3.05, 3.63) is 41.0 Å². The van der Waals surface area contributed by atoms with E-state index in [1.165, 1.54) is 32.0 Å². The number of para-hydroxylation sites is 1. The first-order valence-corrected chi connectivity index (χ1v) is 5.39. The van der Waals surface area contributed by atoms with Crippen LogP contribution in [0.25, 0.3) is 0 Å². The fraction of sp³-hybridized carbons (Fsp3) is 0.154. The van der Waals surface area contributed by atoms with Crippen molar-refractivity contribution in [1.29, 1.82) is 0 Å². The van der Waals surface area contributed by atoms with Crippen molar-refractivity contribution < 1.29 is 24.6 Å². The van der Waals surface area contributed by atoms with Gasteiger partial charge in [0, 0.05) is 11.1 Å². The number of hydrogen-bond acceptors (Lipinski definition) is 3. The van der Waals surface area contributed by atoms with Crippen molar-refractivity contribution in [3.63, 3.8) is 0 Å². The summed E-state index contributed by atoms with van der Waals surface area (Å²) in [5, 5.41) is 20.1. The van der Waals surface area contributed by atoms with Gasteiger partial charge in [0.05, 0.1) is 11.3 Å². The van der Waals surface area contributed by atoms with E-state index in [0.29, 0.717) is 0 Å². The van der Waals surface area contributed by atoms with Crippen LogP contribution in [0.15, 0.2) is 35.4 Å². The summed E-state index contributed by atoms with van der Waals surface area (Å²) in [6.07, 6.45) is 0. The molecule has 0 saturated heterocycles. The lowest BCUT2D eigenvalue weighted by Gasteiger charge is -2.09. The van der Waals surface area contributed by atoms with Crippen LogP contribution in [0.5, 0.6) is 0 Å². The predicted octanol–water partition coefficient (Wildman–Crippen LogP) is 1.74. The van der Waals surface area contributed by atoms with Crippen LogP contribution in [0, 0.1) is 0 Å². The van der Waals surface area contributed by atoms with Crippen molar-refractivity contribution >= 4 is 23.5 Å². The molecule has 0 aliphatic rings. The highest BCUT2D eigenvalue weighted by atomic mass is 16.4. The largest absolute Gasteiger partial charge is 0.478 e. The molecular formula is C13H13NO5. The summed E-state index contributed by atoms with van der Waals surface area (Å²) in [6, 6.07) is 5.89. The Morgan fingerprint density at radius 3 is 2.11 bits per heavy atom. The Bertz CT molecular complexity index is 574. The molecule has 0 fully saturated rings. The van der Waals surface area contributed by atoms with Crippen LogP contribution in [0.4, 0.5) is 5.69 Å². The van der Waals surface area contributed by atoms with E-state index in [2.05, 4.69) is 5.32 Å². The zero-order chi connectivity index (χ0) is 14.6. The molecule has 0 spiro atoms. The average Bonchev–Trinajstić information content (AvgIpc) is 2.37. The van der Waals surface area contributed by atoms with Crippen LogP contribution in [0.3, 0.4) is 0 Å². The van der Waals surface area contributed by atoms with Gasteiger partial charge in [-0.1, -0.05) is 12.1 Å². The lowest BCUT2D eigenvalue weighted by Crippen LogP contribution is -2.18. The van der Waals surface area contributed by atoms with E-state index in [4.69, 9.17) is 10.2 Å². The molecule has 0 aliphatic carbocycles. The number of amides is 1. The molecule has 1 amide bonds. The minimum atomic E-state index is -1.20. The number of aromatic carboxylic acids is 1. The van der Waals surface area contributed by atoms with Crippen LogP contribution in [0.1, 0.15) is 24.2 Å². The quantitative estimate of drug-likeness (QED) is 0.718. The van der Waals surface area contributed by atoms with Crippen LogP contribution in [0.2, 0.25) is 0 Å². The summed E-state index contributed by atoms with van der Waals surface area (Å²) in [6.45, 7) is 2.67. The lowest BCUT2D eigenvalue weighted by molar-refractivity contribution is -0.133. The van der Waals surface area contributed by atoms with E-state index in [-0.39, 0.29) is 22.4 Å². The summed E-state index contributed by atoms with van der Waals surface area (Å²) in [5.74, 6) is -3.01. The van der Waals surface area contributed by atoms with Crippen LogP contribution < -0.4 is 5.32 Å². The highest BCUT2D eigenvalue weighted by Crippen LogP contribution is 2.16. The lowest BCUT2D eigenvalue weighted by atomic mass is 10.1.